The van der Waals surface area contributed by atoms with Crippen molar-refractivity contribution in [2.75, 3.05) is 13.2 Å². The van der Waals surface area contributed by atoms with Crippen LogP contribution in [0.25, 0.3) is 0 Å². The molecule has 5 rings (SSSR count). The Morgan fingerprint density at radius 1 is 1.14 bits per heavy atom. The van der Waals surface area contributed by atoms with Gasteiger partial charge in [0.1, 0.15) is 17.6 Å². The van der Waals surface area contributed by atoms with E-state index in [2.05, 4.69) is 0 Å². The van der Waals surface area contributed by atoms with Crippen molar-refractivity contribution in [2.24, 2.45) is 0 Å². The maximum Gasteiger partial charge on any atom is 0.248 e. The van der Waals surface area contributed by atoms with Crippen LogP contribution < -0.4 is 4.74 Å². The minimum Gasteiger partial charge on any atom is -0.493 e. The second kappa shape index (κ2) is 9.94. The number of ether oxygens (including phenoxy) is 1. The number of rotatable bonds is 6. The molecule has 0 spiro atoms. The number of carbonyl (C=O) groups is 1. The van der Waals surface area contributed by atoms with Crippen molar-refractivity contribution in [1.82, 2.24) is 9.21 Å². The number of amides is 1. The molecular formula is C27H31F3N2O4S. The fourth-order valence-corrected chi connectivity index (χ4v) is 7.23. The molecule has 2 aliphatic heterocycles. The molecule has 0 N–H and O–H groups in total. The normalized spacial score (nSPS) is 22.0. The fraction of sp³-hybridized carbons (Fsp3) is 0.519. The van der Waals surface area contributed by atoms with Gasteiger partial charge in [0.05, 0.1) is 11.5 Å². The monoisotopic (exact) mass is 536 g/mol. The molecule has 3 aliphatic rings. The number of carbonyl (C=O) groups excluding carboxylic acids is 1. The van der Waals surface area contributed by atoms with E-state index in [4.69, 9.17) is 4.74 Å². The second-order valence-electron chi connectivity index (χ2n) is 10.3. The number of nitrogens with zero attached hydrogens (tertiary/aromatic N) is 2. The lowest BCUT2D eigenvalue weighted by atomic mass is 9.90. The fourth-order valence-electron chi connectivity index (χ4n) is 5.56. The van der Waals surface area contributed by atoms with E-state index in [1.165, 1.54) is 12.1 Å². The highest BCUT2D eigenvalue weighted by Crippen LogP contribution is 2.37. The van der Waals surface area contributed by atoms with Crippen molar-refractivity contribution < 1.29 is 31.1 Å². The molecule has 6 nitrogen and oxygen atoms in total. The highest BCUT2D eigenvalue weighted by atomic mass is 32.2. The zero-order chi connectivity index (χ0) is 26.4. The van der Waals surface area contributed by atoms with Gasteiger partial charge in [-0.15, -0.1) is 0 Å². The van der Waals surface area contributed by atoms with Crippen LogP contribution in [0.15, 0.2) is 41.3 Å². The summed E-state index contributed by atoms with van der Waals surface area (Å²) >= 11 is 0. The molecule has 1 saturated heterocycles. The Morgan fingerprint density at radius 3 is 2.62 bits per heavy atom. The third-order valence-electron chi connectivity index (χ3n) is 7.76. The molecule has 0 radical (unpaired) electrons. The Kier molecular flexibility index (Phi) is 7.00. The summed E-state index contributed by atoms with van der Waals surface area (Å²) in [4.78, 5) is 15.4. The Hall–Kier alpha value is -2.59. The molecule has 37 heavy (non-hydrogen) atoms. The zero-order valence-corrected chi connectivity index (χ0v) is 21.6. The van der Waals surface area contributed by atoms with Gasteiger partial charge in [0, 0.05) is 38.4 Å². The number of aryl methyl sites for hydroxylation is 1. The topological polar surface area (TPSA) is 66.9 Å². The quantitative estimate of drug-likeness (QED) is 0.531. The van der Waals surface area contributed by atoms with Crippen LogP contribution in [0.3, 0.4) is 0 Å². The van der Waals surface area contributed by atoms with Gasteiger partial charge in [0.15, 0.2) is 0 Å². The molecule has 1 amide bonds. The zero-order valence-electron chi connectivity index (χ0n) is 20.8. The predicted octanol–water partition coefficient (Wildman–Crippen LogP) is 4.83. The van der Waals surface area contributed by atoms with Crippen LogP contribution in [0.1, 0.15) is 55.2 Å². The molecule has 10 heteroatoms. The Morgan fingerprint density at radius 2 is 1.89 bits per heavy atom. The predicted molar refractivity (Wildman–Crippen MR) is 131 cm³/mol. The van der Waals surface area contributed by atoms with Crippen molar-refractivity contribution >= 4 is 15.9 Å². The minimum absolute atomic E-state index is 0.136. The molecule has 1 atom stereocenters. The molecule has 1 saturated carbocycles. The first kappa shape index (κ1) is 26.0. The van der Waals surface area contributed by atoms with Crippen LogP contribution in [0.5, 0.6) is 5.75 Å². The van der Waals surface area contributed by atoms with Crippen molar-refractivity contribution in [3.8, 4) is 5.75 Å². The Bertz CT molecular complexity index is 1290. The van der Waals surface area contributed by atoms with E-state index in [-0.39, 0.29) is 43.7 Å². The first-order valence-corrected chi connectivity index (χ1v) is 14.2. The van der Waals surface area contributed by atoms with Gasteiger partial charge in [0.2, 0.25) is 21.9 Å². The summed E-state index contributed by atoms with van der Waals surface area (Å²) in [5.41, 5.74) is 2.21. The molecule has 2 aromatic carbocycles. The molecule has 2 aromatic rings. The van der Waals surface area contributed by atoms with E-state index in [9.17, 15) is 26.4 Å². The van der Waals surface area contributed by atoms with Gasteiger partial charge in [-0.3, -0.25) is 4.79 Å². The minimum atomic E-state index is -4.13. The van der Waals surface area contributed by atoms with E-state index in [0.29, 0.717) is 25.0 Å². The van der Waals surface area contributed by atoms with E-state index in [0.717, 1.165) is 33.7 Å². The first-order valence-electron chi connectivity index (χ1n) is 12.8. The Balaban J connectivity index is 1.43. The number of fused-ring (bicyclic) bond motifs is 1. The highest BCUT2D eigenvalue weighted by molar-refractivity contribution is 7.89. The third-order valence-corrected chi connectivity index (χ3v) is 9.67. The molecule has 2 fully saturated rings. The first-order chi connectivity index (χ1) is 17.5. The van der Waals surface area contributed by atoms with Crippen LogP contribution in [0, 0.1) is 12.7 Å². The van der Waals surface area contributed by atoms with Gasteiger partial charge in [0.25, 0.3) is 0 Å². The van der Waals surface area contributed by atoms with Gasteiger partial charge < -0.3 is 9.64 Å². The molecule has 0 unspecified atom stereocenters. The summed E-state index contributed by atoms with van der Waals surface area (Å²) in [5.74, 6) is -3.03. The summed E-state index contributed by atoms with van der Waals surface area (Å²) in [7, 11) is -4.13. The lowest BCUT2D eigenvalue weighted by Crippen LogP contribution is -2.52. The summed E-state index contributed by atoms with van der Waals surface area (Å²) in [6, 6.07) is 8.06. The molecule has 2 heterocycles. The number of hydrogen-bond acceptors (Lipinski definition) is 4. The van der Waals surface area contributed by atoms with Gasteiger partial charge in [-0.1, -0.05) is 18.2 Å². The maximum absolute atomic E-state index is 14.2. The number of benzene rings is 2. The molecule has 0 bridgehead atoms. The summed E-state index contributed by atoms with van der Waals surface area (Å²) in [5, 5.41) is 0. The lowest BCUT2D eigenvalue weighted by molar-refractivity contribution is -0.141. The van der Waals surface area contributed by atoms with Gasteiger partial charge in [-0.25, -0.2) is 21.6 Å². The largest absolute Gasteiger partial charge is 0.493 e. The van der Waals surface area contributed by atoms with Crippen molar-refractivity contribution in [3.05, 3.63) is 58.9 Å². The molecule has 0 aromatic heterocycles. The van der Waals surface area contributed by atoms with Crippen molar-refractivity contribution in [3.63, 3.8) is 0 Å². The van der Waals surface area contributed by atoms with Crippen LogP contribution in [-0.2, 0) is 27.8 Å². The van der Waals surface area contributed by atoms with Gasteiger partial charge >= 0.3 is 0 Å². The van der Waals surface area contributed by atoms with Crippen molar-refractivity contribution in [1.29, 1.82) is 0 Å². The number of halogens is 3. The lowest BCUT2D eigenvalue weighted by Gasteiger charge is -2.39. The average molecular weight is 537 g/mol. The SMILES string of the molecule is Cc1ccc(S(=O)(=O)N2CCC[C@H]2C(=O)N(Cc2ccc3c(c2)OCC3)C2CCC(F)(F)CC2)cc1F. The van der Waals surface area contributed by atoms with Crippen LogP contribution in [0.4, 0.5) is 13.2 Å². The van der Waals surface area contributed by atoms with Crippen LogP contribution in [-0.4, -0.2) is 54.7 Å². The average Bonchev–Trinajstić information content (AvgIpc) is 3.54. The molecule has 200 valence electrons. The van der Waals surface area contributed by atoms with Gasteiger partial charge in [-0.05, 0) is 67.5 Å². The maximum atomic E-state index is 14.2. The van der Waals surface area contributed by atoms with Crippen LogP contribution >= 0.6 is 0 Å². The van der Waals surface area contributed by atoms with E-state index in [1.54, 1.807) is 11.8 Å². The highest BCUT2D eigenvalue weighted by Gasteiger charge is 2.44. The second-order valence-corrected chi connectivity index (χ2v) is 12.2. The van der Waals surface area contributed by atoms with E-state index < -0.39 is 39.8 Å². The number of sulfonamides is 1. The van der Waals surface area contributed by atoms with Crippen LogP contribution in [0.2, 0.25) is 0 Å². The van der Waals surface area contributed by atoms with E-state index >= 15 is 0 Å². The summed E-state index contributed by atoms with van der Waals surface area (Å²) in [6.07, 6.45) is 1.26. The van der Waals surface area contributed by atoms with Crippen molar-refractivity contribution in [2.45, 2.75) is 81.3 Å². The standard InChI is InChI=1S/C27H31F3N2O4S/c1-18-4-7-22(16-23(18)28)37(34,35)32-13-2-3-24(32)26(33)31(21-8-11-27(29,30)12-9-21)17-19-5-6-20-10-14-36-25(20)15-19/h4-7,15-16,21,24H,2-3,8-14,17H2,1H3/t24-/m0/s1. The van der Waals surface area contributed by atoms with E-state index in [1.807, 2.05) is 18.2 Å². The number of alkyl halides is 2. The summed E-state index contributed by atoms with van der Waals surface area (Å²) < 4.78 is 75.8. The summed E-state index contributed by atoms with van der Waals surface area (Å²) in [6.45, 7) is 2.45. The molecular weight excluding hydrogens is 505 g/mol. The smallest absolute Gasteiger partial charge is 0.248 e. The Labute approximate surface area is 215 Å². The third kappa shape index (κ3) is 5.23. The molecule has 1 aliphatic carbocycles. The number of hydrogen-bond donors (Lipinski definition) is 0. The van der Waals surface area contributed by atoms with Gasteiger partial charge in [-0.2, -0.15) is 4.31 Å².